The highest BCUT2D eigenvalue weighted by Gasteiger charge is 2.22. The van der Waals surface area contributed by atoms with E-state index in [0.717, 1.165) is 11.1 Å². The molecule has 0 saturated carbocycles. The minimum absolute atomic E-state index is 0.151. The van der Waals surface area contributed by atoms with Crippen LogP contribution >= 0.6 is 7.82 Å². The average Bonchev–Trinajstić information content (AvgIpc) is 3.07. The summed E-state index contributed by atoms with van der Waals surface area (Å²) in [5, 5.41) is 18.6. The Hall–Kier alpha value is -4.97. The summed E-state index contributed by atoms with van der Waals surface area (Å²) < 4.78 is 8.88. The van der Waals surface area contributed by atoms with E-state index in [1.165, 1.54) is 22.3 Å². The lowest BCUT2D eigenvalue weighted by atomic mass is 9.78. The molecule has 6 aromatic rings. The first-order valence-electron chi connectivity index (χ1n) is 14.5. The van der Waals surface area contributed by atoms with Gasteiger partial charge in [0, 0.05) is 5.41 Å². The Morgan fingerprint density at radius 1 is 0.391 bits per heavy atom. The van der Waals surface area contributed by atoms with Crippen LogP contribution in [0.25, 0.3) is 22.3 Å². The van der Waals surface area contributed by atoms with Gasteiger partial charge in [0.2, 0.25) is 0 Å². The topological polar surface area (TPSA) is 118 Å². The van der Waals surface area contributed by atoms with E-state index in [0.29, 0.717) is 0 Å². The Kier molecular flexibility index (Phi) is 13.5. The highest BCUT2D eigenvalue weighted by Crippen LogP contribution is 2.33. The van der Waals surface area contributed by atoms with Crippen molar-refractivity contribution < 1.29 is 29.5 Å². The Balaban J connectivity index is 0.000000178. The fourth-order valence-electron chi connectivity index (χ4n) is 4.45. The van der Waals surface area contributed by atoms with Crippen LogP contribution in [0.15, 0.2) is 170 Å². The first kappa shape index (κ1) is 35.5. The summed E-state index contributed by atoms with van der Waals surface area (Å²) in [5.74, 6) is 0.547. The number of hydrogen-bond donors (Lipinski definition) is 5. The number of phosphoric acid groups is 1. The second-order valence-corrected chi connectivity index (χ2v) is 11.7. The molecule has 5 N–H and O–H groups in total. The fraction of sp³-hybridized carbons (Fsp3) is 0.0769. The van der Waals surface area contributed by atoms with Crippen molar-refractivity contribution in [2.45, 2.75) is 19.3 Å². The van der Waals surface area contributed by atoms with Crippen molar-refractivity contribution in [1.82, 2.24) is 0 Å². The third-order valence-electron chi connectivity index (χ3n) is 6.94. The molecule has 6 nitrogen and oxygen atoms in total. The third-order valence-corrected chi connectivity index (χ3v) is 6.94. The van der Waals surface area contributed by atoms with Gasteiger partial charge in [-0.3, -0.25) is 0 Å². The number of phenolic OH excluding ortho intramolecular Hbond substituents is 2. The van der Waals surface area contributed by atoms with Crippen LogP contribution in [0.4, 0.5) is 0 Å². The van der Waals surface area contributed by atoms with Crippen LogP contribution in [0.2, 0.25) is 0 Å². The second-order valence-electron chi connectivity index (χ2n) is 10.7. The van der Waals surface area contributed by atoms with E-state index in [2.05, 4.69) is 111 Å². The van der Waals surface area contributed by atoms with Gasteiger partial charge in [-0.25, -0.2) is 4.57 Å². The van der Waals surface area contributed by atoms with Crippen LogP contribution < -0.4 is 0 Å². The maximum atomic E-state index is 9.30. The third kappa shape index (κ3) is 12.6. The van der Waals surface area contributed by atoms with Crippen LogP contribution in [-0.2, 0) is 9.98 Å². The Labute approximate surface area is 270 Å². The molecule has 46 heavy (non-hydrogen) atoms. The van der Waals surface area contributed by atoms with Crippen molar-refractivity contribution >= 4 is 7.82 Å². The summed E-state index contributed by atoms with van der Waals surface area (Å²) in [4.78, 5) is 21.6. The quantitative estimate of drug-likeness (QED) is 0.123. The van der Waals surface area contributed by atoms with Gasteiger partial charge in [0.15, 0.2) is 0 Å². The lowest BCUT2D eigenvalue weighted by molar-refractivity contribution is 0.275. The SMILES string of the molecule is CC(C)(c1ccc(O)cc1)c1ccc(O)cc1.O=P(O)(O)O.c1ccc(-c2ccccc2)cc1.c1ccc(-c2ccccc2)cc1. The van der Waals surface area contributed by atoms with Crippen molar-refractivity contribution in [3.05, 3.63) is 181 Å². The van der Waals surface area contributed by atoms with Gasteiger partial charge in [-0.1, -0.05) is 159 Å². The van der Waals surface area contributed by atoms with Crippen LogP contribution in [0.3, 0.4) is 0 Å². The molecule has 0 bridgehead atoms. The van der Waals surface area contributed by atoms with E-state index in [9.17, 15) is 10.2 Å². The van der Waals surface area contributed by atoms with Gasteiger partial charge < -0.3 is 24.9 Å². The highest BCUT2D eigenvalue weighted by molar-refractivity contribution is 7.45. The van der Waals surface area contributed by atoms with Gasteiger partial charge >= 0.3 is 7.82 Å². The van der Waals surface area contributed by atoms with Gasteiger partial charge in [-0.05, 0) is 57.6 Å². The zero-order valence-electron chi connectivity index (χ0n) is 25.8. The van der Waals surface area contributed by atoms with E-state index in [4.69, 9.17) is 19.2 Å². The Morgan fingerprint density at radius 2 is 0.587 bits per heavy atom. The van der Waals surface area contributed by atoms with Crippen molar-refractivity contribution in [3.63, 3.8) is 0 Å². The molecular weight excluding hydrogens is 595 g/mol. The first-order chi connectivity index (χ1) is 21.9. The molecule has 0 aliphatic carbocycles. The average molecular weight is 635 g/mol. The lowest BCUT2D eigenvalue weighted by Gasteiger charge is -2.26. The standard InChI is InChI=1S/C15H16O2.2C12H10.H3O4P/c1-15(2,11-3-7-13(16)8-4-11)12-5-9-14(17)10-6-12;2*1-3-7-11(8-4-1)12-9-5-2-6-10-12;1-5(2,3)4/h3-10,16-17H,1-2H3;2*1-10H;(H3,1,2,3,4). The first-order valence-corrected chi connectivity index (χ1v) is 16.1. The number of phenols is 2. The number of hydrogen-bond acceptors (Lipinski definition) is 3. The van der Waals surface area contributed by atoms with E-state index >= 15 is 0 Å². The Morgan fingerprint density at radius 3 is 0.783 bits per heavy atom. The summed E-state index contributed by atoms with van der Waals surface area (Å²) in [6.07, 6.45) is 0. The predicted octanol–water partition coefficient (Wildman–Crippen LogP) is 9.20. The smallest absolute Gasteiger partial charge is 0.466 e. The van der Waals surface area contributed by atoms with Gasteiger partial charge in [0.1, 0.15) is 11.5 Å². The predicted molar refractivity (Wildman–Crippen MR) is 186 cm³/mol. The summed E-state index contributed by atoms with van der Waals surface area (Å²) in [5.41, 5.74) is 7.20. The molecule has 0 unspecified atom stereocenters. The van der Waals surface area contributed by atoms with Crippen molar-refractivity contribution in [3.8, 4) is 33.8 Å². The molecule has 7 heteroatoms. The molecule has 236 valence electrons. The molecule has 0 fully saturated rings. The molecule has 0 aliphatic heterocycles. The monoisotopic (exact) mass is 634 g/mol. The molecule has 0 aromatic heterocycles. The summed E-state index contributed by atoms with van der Waals surface area (Å²) in [6, 6.07) is 56.0. The largest absolute Gasteiger partial charge is 0.508 e. The minimum atomic E-state index is -4.64. The van der Waals surface area contributed by atoms with E-state index < -0.39 is 7.82 Å². The van der Waals surface area contributed by atoms with Crippen LogP contribution in [0.5, 0.6) is 11.5 Å². The number of rotatable bonds is 4. The van der Waals surface area contributed by atoms with Gasteiger partial charge in [-0.2, -0.15) is 0 Å². The minimum Gasteiger partial charge on any atom is -0.508 e. The molecule has 0 radical (unpaired) electrons. The van der Waals surface area contributed by atoms with E-state index in [1.54, 1.807) is 24.3 Å². The van der Waals surface area contributed by atoms with Gasteiger partial charge in [-0.15, -0.1) is 0 Å². The van der Waals surface area contributed by atoms with Gasteiger partial charge in [0.25, 0.3) is 0 Å². The summed E-state index contributed by atoms with van der Waals surface area (Å²) >= 11 is 0. The summed E-state index contributed by atoms with van der Waals surface area (Å²) in [7, 11) is -4.64. The zero-order chi connectivity index (χ0) is 33.4. The van der Waals surface area contributed by atoms with E-state index in [-0.39, 0.29) is 16.9 Å². The molecular formula is C39H39O6P. The molecule has 0 amide bonds. The zero-order valence-corrected chi connectivity index (χ0v) is 26.7. The molecule has 0 spiro atoms. The van der Waals surface area contributed by atoms with Crippen LogP contribution in [-0.4, -0.2) is 24.9 Å². The van der Waals surface area contributed by atoms with Crippen LogP contribution in [0.1, 0.15) is 25.0 Å². The number of aromatic hydroxyl groups is 2. The molecule has 0 aliphatic rings. The normalized spacial score (nSPS) is 10.5. The molecule has 0 atom stereocenters. The molecule has 0 saturated heterocycles. The second kappa shape index (κ2) is 17.5. The maximum absolute atomic E-state index is 9.30. The van der Waals surface area contributed by atoms with Crippen molar-refractivity contribution in [2.24, 2.45) is 0 Å². The van der Waals surface area contributed by atoms with E-state index in [1.807, 2.05) is 48.5 Å². The van der Waals surface area contributed by atoms with Crippen LogP contribution in [0, 0.1) is 0 Å². The number of benzene rings is 6. The van der Waals surface area contributed by atoms with Crippen molar-refractivity contribution in [2.75, 3.05) is 0 Å². The lowest BCUT2D eigenvalue weighted by Crippen LogP contribution is -2.18. The summed E-state index contributed by atoms with van der Waals surface area (Å²) in [6.45, 7) is 4.23. The molecule has 6 rings (SSSR count). The maximum Gasteiger partial charge on any atom is 0.466 e. The van der Waals surface area contributed by atoms with Crippen molar-refractivity contribution in [1.29, 1.82) is 0 Å². The molecule has 0 heterocycles. The Bertz CT molecular complexity index is 1530. The molecule has 6 aromatic carbocycles. The fourth-order valence-corrected chi connectivity index (χ4v) is 4.45. The van der Waals surface area contributed by atoms with Gasteiger partial charge in [0.05, 0.1) is 0 Å². The highest BCUT2D eigenvalue weighted by atomic mass is 31.2.